The molecule has 1 heterocycles. The number of aromatic nitrogens is 2. The van der Waals surface area contributed by atoms with Gasteiger partial charge >= 0.3 is 0 Å². The van der Waals surface area contributed by atoms with Crippen molar-refractivity contribution in [1.82, 2.24) is 14.9 Å². The first kappa shape index (κ1) is 34.1. The molecule has 1 atom stereocenters. The second-order valence-electron chi connectivity index (χ2n) is 13.2. The van der Waals surface area contributed by atoms with Crippen LogP contribution in [-0.2, 0) is 22.6 Å². The van der Waals surface area contributed by atoms with Crippen molar-refractivity contribution in [3.8, 4) is 17.0 Å². The van der Waals surface area contributed by atoms with E-state index in [1.54, 1.807) is 12.1 Å². The summed E-state index contributed by atoms with van der Waals surface area (Å²) in [5, 5.41) is 4.38. The third-order valence-corrected chi connectivity index (χ3v) is 9.38. The van der Waals surface area contributed by atoms with Gasteiger partial charge in [0, 0.05) is 29.1 Å². The van der Waals surface area contributed by atoms with Gasteiger partial charge in [0.15, 0.2) is 5.78 Å². The number of rotatable bonds is 13. The van der Waals surface area contributed by atoms with Gasteiger partial charge in [0.2, 0.25) is 5.91 Å². The maximum Gasteiger partial charge on any atom is 0.223 e. The molecule has 8 heteroatoms. The summed E-state index contributed by atoms with van der Waals surface area (Å²) in [6.07, 6.45) is 8.70. The SMILES string of the molecule is CCCCOc1ccc(C[C@H](NC(=O)C2CCC(C(C)(C)C)CC2)c2nc(-c3ccc(Cl)cc3Cl)cn2CC(=O)CC)cc1. The number of hydrogen-bond acceptors (Lipinski definition) is 4. The lowest BCUT2D eigenvalue weighted by molar-refractivity contribution is -0.127. The number of nitrogens with zero attached hydrogens (tertiary/aromatic N) is 2. The van der Waals surface area contributed by atoms with Crippen LogP contribution in [0, 0.1) is 17.3 Å². The molecule has 1 aromatic heterocycles. The van der Waals surface area contributed by atoms with E-state index in [-0.39, 0.29) is 29.6 Å². The van der Waals surface area contributed by atoms with Crippen molar-refractivity contribution in [1.29, 1.82) is 0 Å². The average molecular weight is 641 g/mol. The monoisotopic (exact) mass is 639 g/mol. The van der Waals surface area contributed by atoms with Crippen LogP contribution >= 0.6 is 23.2 Å². The molecule has 4 rings (SSSR count). The first-order valence-corrected chi connectivity index (χ1v) is 16.8. The van der Waals surface area contributed by atoms with Gasteiger partial charge in [-0.05, 0) is 85.8 Å². The third kappa shape index (κ3) is 9.10. The van der Waals surface area contributed by atoms with Crippen molar-refractivity contribution in [2.24, 2.45) is 17.3 Å². The molecule has 0 saturated heterocycles. The minimum atomic E-state index is -0.445. The summed E-state index contributed by atoms with van der Waals surface area (Å²) in [5.74, 6) is 2.16. The van der Waals surface area contributed by atoms with Gasteiger partial charge < -0.3 is 14.6 Å². The van der Waals surface area contributed by atoms with Crippen LogP contribution in [0.1, 0.15) is 97.0 Å². The minimum absolute atomic E-state index is 0.0451. The van der Waals surface area contributed by atoms with Gasteiger partial charge in [0.25, 0.3) is 0 Å². The van der Waals surface area contributed by atoms with E-state index >= 15 is 0 Å². The Hall–Kier alpha value is -2.83. The maximum absolute atomic E-state index is 13.8. The molecule has 1 aliphatic carbocycles. The van der Waals surface area contributed by atoms with Crippen molar-refractivity contribution in [3.63, 3.8) is 0 Å². The summed E-state index contributed by atoms with van der Waals surface area (Å²) >= 11 is 12.7. The van der Waals surface area contributed by atoms with Gasteiger partial charge in [-0.3, -0.25) is 9.59 Å². The Balaban J connectivity index is 1.66. The maximum atomic E-state index is 13.8. The number of amides is 1. The number of benzene rings is 2. The lowest BCUT2D eigenvalue weighted by Gasteiger charge is -2.36. The fourth-order valence-corrected chi connectivity index (χ4v) is 6.48. The Kier molecular flexibility index (Phi) is 12.0. The lowest BCUT2D eigenvalue weighted by atomic mass is 9.69. The highest BCUT2D eigenvalue weighted by Gasteiger charge is 2.34. The Morgan fingerprint density at radius 3 is 2.36 bits per heavy atom. The fraction of sp³-hybridized carbons (Fsp3) is 0.528. The topological polar surface area (TPSA) is 73.2 Å². The second-order valence-corrected chi connectivity index (χ2v) is 14.0. The highest BCUT2D eigenvalue weighted by molar-refractivity contribution is 6.36. The van der Waals surface area contributed by atoms with E-state index < -0.39 is 6.04 Å². The van der Waals surface area contributed by atoms with Gasteiger partial charge in [-0.2, -0.15) is 0 Å². The van der Waals surface area contributed by atoms with Crippen LogP contribution in [-0.4, -0.2) is 27.8 Å². The number of unbranched alkanes of at least 4 members (excludes halogenated alkanes) is 1. The Labute approximate surface area is 272 Å². The van der Waals surface area contributed by atoms with E-state index in [9.17, 15) is 9.59 Å². The van der Waals surface area contributed by atoms with E-state index in [0.29, 0.717) is 46.9 Å². The predicted octanol–water partition coefficient (Wildman–Crippen LogP) is 9.27. The Morgan fingerprint density at radius 1 is 1.05 bits per heavy atom. The molecule has 2 aromatic carbocycles. The molecule has 1 amide bonds. The van der Waals surface area contributed by atoms with Gasteiger partial charge in [-0.15, -0.1) is 0 Å². The zero-order valence-corrected chi connectivity index (χ0v) is 28.3. The molecule has 1 saturated carbocycles. The van der Waals surface area contributed by atoms with E-state index in [2.05, 4.69) is 33.0 Å². The molecule has 6 nitrogen and oxygen atoms in total. The Morgan fingerprint density at radius 2 is 1.75 bits per heavy atom. The van der Waals surface area contributed by atoms with Crippen LogP contribution in [0.4, 0.5) is 0 Å². The van der Waals surface area contributed by atoms with E-state index in [1.807, 2.05) is 48.0 Å². The zero-order valence-electron chi connectivity index (χ0n) is 26.8. The summed E-state index contributed by atoms with van der Waals surface area (Å²) in [6.45, 7) is 11.7. The quantitative estimate of drug-likeness (QED) is 0.189. The van der Waals surface area contributed by atoms with Crippen molar-refractivity contribution in [2.45, 2.75) is 98.6 Å². The third-order valence-electron chi connectivity index (χ3n) is 8.84. The van der Waals surface area contributed by atoms with Gasteiger partial charge in [-0.1, -0.05) is 76.4 Å². The van der Waals surface area contributed by atoms with E-state index in [0.717, 1.165) is 55.4 Å². The van der Waals surface area contributed by atoms with Crippen LogP contribution in [0.3, 0.4) is 0 Å². The molecule has 1 fully saturated rings. The number of hydrogen-bond donors (Lipinski definition) is 1. The largest absolute Gasteiger partial charge is 0.494 e. The first-order chi connectivity index (χ1) is 21.0. The summed E-state index contributed by atoms with van der Waals surface area (Å²) in [6, 6.07) is 12.9. The van der Waals surface area contributed by atoms with Gasteiger partial charge in [-0.25, -0.2) is 4.98 Å². The van der Waals surface area contributed by atoms with Crippen LogP contribution < -0.4 is 10.1 Å². The first-order valence-electron chi connectivity index (χ1n) is 16.0. The number of imidazole rings is 1. The fourth-order valence-electron chi connectivity index (χ4n) is 5.97. The molecule has 1 aliphatic rings. The van der Waals surface area contributed by atoms with Crippen LogP contribution in [0.5, 0.6) is 5.75 Å². The van der Waals surface area contributed by atoms with Crippen LogP contribution in [0.25, 0.3) is 11.3 Å². The van der Waals surface area contributed by atoms with E-state index in [1.165, 1.54) is 0 Å². The molecule has 0 unspecified atom stereocenters. The second kappa shape index (κ2) is 15.4. The zero-order chi connectivity index (χ0) is 31.9. The predicted molar refractivity (Wildman–Crippen MR) is 179 cm³/mol. The van der Waals surface area contributed by atoms with Crippen molar-refractivity contribution >= 4 is 34.9 Å². The van der Waals surface area contributed by atoms with Crippen molar-refractivity contribution < 1.29 is 14.3 Å². The number of ketones is 1. The molecule has 44 heavy (non-hydrogen) atoms. The van der Waals surface area contributed by atoms with Crippen molar-refractivity contribution in [2.75, 3.05) is 6.61 Å². The van der Waals surface area contributed by atoms with E-state index in [4.69, 9.17) is 32.9 Å². The number of halogens is 2. The number of nitrogens with one attached hydrogen (secondary N) is 1. The number of carbonyl (C=O) groups excluding carboxylic acids is 2. The summed E-state index contributed by atoms with van der Waals surface area (Å²) in [5.41, 5.74) is 2.64. The molecule has 0 radical (unpaired) electrons. The minimum Gasteiger partial charge on any atom is -0.494 e. The summed E-state index contributed by atoms with van der Waals surface area (Å²) < 4.78 is 7.74. The van der Waals surface area contributed by atoms with Crippen LogP contribution in [0.2, 0.25) is 10.0 Å². The van der Waals surface area contributed by atoms with Crippen LogP contribution in [0.15, 0.2) is 48.7 Å². The number of carbonyl (C=O) groups is 2. The number of ether oxygens (including phenoxy) is 1. The normalized spacial score (nSPS) is 17.7. The highest BCUT2D eigenvalue weighted by atomic mass is 35.5. The molecular weight excluding hydrogens is 593 g/mol. The molecule has 3 aromatic rings. The molecular formula is C36H47Cl2N3O3. The average Bonchev–Trinajstić information content (AvgIpc) is 3.40. The van der Waals surface area contributed by atoms with Crippen molar-refractivity contribution in [3.05, 3.63) is 70.1 Å². The lowest BCUT2D eigenvalue weighted by Crippen LogP contribution is -2.39. The number of Topliss-reactive ketones (excluding diaryl/α,β-unsaturated/α-hetero) is 1. The van der Waals surface area contributed by atoms with Gasteiger partial charge in [0.1, 0.15) is 11.6 Å². The standard InChI is InChI=1S/C36H47Cl2N3O3/c1-6-8-19-44-29-16-9-24(10-17-29)20-32(40-35(43)25-11-13-26(14-12-25)36(3,4)5)34-39-33(23-41(34)22-28(42)7-2)30-18-15-27(37)21-31(30)38/h9-10,15-18,21,23,25-26,32H,6-8,11-14,19-20,22H2,1-5H3,(H,40,43)/t25?,26?,32-/m0/s1. The Bertz CT molecular complexity index is 1400. The van der Waals surface area contributed by atoms with Gasteiger partial charge in [0.05, 0.1) is 29.9 Å². The highest BCUT2D eigenvalue weighted by Crippen LogP contribution is 2.40. The molecule has 0 bridgehead atoms. The molecule has 0 aliphatic heterocycles. The molecule has 1 N–H and O–H groups in total. The summed E-state index contributed by atoms with van der Waals surface area (Å²) in [7, 11) is 0. The molecule has 0 spiro atoms. The smallest absolute Gasteiger partial charge is 0.223 e. The summed E-state index contributed by atoms with van der Waals surface area (Å²) in [4.78, 5) is 31.5. The molecule has 238 valence electrons.